The van der Waals surface area contributed by atoms with Crippen molar-refractivity contribution in [1.29, 1.82) is 0 Å². The van der Waals surface area contributed by atoms with Crippen LogP contribution in [0.25, 0.3) is 0 Å². The normalized spacial score (nSPS) is 16.6. The molecule has 5 nitrogen and oxygen atoms in total. The Hall–Kier alpha value is -1.56. The van der Waals surface area contributed by atoms with Crippen molar-refractivity contribution in [2.75, 3.05) is 30.7 Å². The lowest BCUT2D eigenvalue weighted by Crippen LogP contribution is -2.38. The van der Waals surface area contributed by atoms with Crippen molar-refractivity contribution in [3.63, 3.8) is 0 Å². The van der Waals surface area contributed by atoms with Gasteiger partial charge in [-0.05, 0) is 49.4 Å². The second kappa shape index (κ2) is 6.28. The zero-order valence-corrected chi connectivity index (χ0v) is 14.5. The molecule has 22 heavy (non-hydrogen) atoms. The van der Waals surface area contributed by atoms with E-state index in [1.165, 1.54) is 17.6 Å². The summed E-state index contributed by atoms with van der Waals surface area (Å²) in [5.74, 6) is 0.708. The molecule has 1 fully saturated rings. The lowest BCUT2D eigenvalue weighted by Gasteiger charge is -2.30. The first-order chi connectivity index (χ1) is 10.2. The Balaban J connectivity index is 2.20. The van der Waals surface area contributed by atoms with Crippen LogP contribution >= 0.6 is 0 Å². The maximum atomic E-state index is 12.5. The Morgan fingerprint density at radius 2 is 1.86 bits per heavy atom. The van der Waals surface area contributed by atoms with Crippen LogP contribution in [-0.2, 0) is 10.0 Å². The molecule has 0 spiro atoms. The van der Waals surface area contributed by atoms with Crippen molar-refractivity contribution < 1.29 is 13.2 Å². The van der Waals surface area contributed by atoms with Crippen LogP contribution in [0, 0.1) is 12.8 Å². The molecule has 0 radical (unpaired) electrons. The summed E-state index contributed by atoms with van der Waals surface area (Å²) in [7, 11) is -1.78. The largest absolute Gasteiger partial charge is 0.339 e. The fraction of sp³-hybridized carbons (Fsp3) is 0.562. The number of piperidine rings is 1. The zero-order chi connectivity index (χ0) is 16.5. The summed E-state index contributed by atoms with van der Waals surface area (Å²) in [6.07, 6.45) is 3.25. The molecule has 1 saturated heterocycles. The minimum absolute atomic E-state index is 0.0311. The zero-order valence-electron chi connectivity index (χ0n) is 13.7. The first-order valence-corrected chi connectivity index (χ1v) is 9.39. The molecular weight excluding hydrogens is 300 g/mol. The lowest BCUT2D eigenvalue weighted by molar-refractivity contribution is 0.0697. The van der Waals surface area contributed by atoms with Crippen LogP contribution < -0.4 is 4.31 Å². The fourth-order valence-corrected chi connectivity index (χ4v) is 3.28. The Morgan fingerprint density at radius 1 is 1.27 bits per heavy atom. The van der Waals surface area contributed by atoms with Gasteiger partial charge in [0, 0.05) is 25.7 Å². The van der Waals surface area contributed by atoms with Crippen molar-refractivity contribution in [3.8, 4) is 0 Å². The average molecular weight is 324 g/mol. The quantitative estimate of drug-likeness (QED) is 0.857. The van der Waals surface area contributed by atoms with Crippen LogP contribution in [0.5, 0.6) is 0 Å². The van der Waals surface area contributed by atoms with Gasteiger partial charge in [-0.3, -0.25) is 9.10 Å². The van der Waals surface area contributed by atoms with Gasteiger partial charge < -0.3 is 4.90 Å². The number of aryl methyl sites for hydroxylation is 1. The first kappa shape index (κ1) is 16.8. The highest BCUT2D eigenvalue weighted by Crippen LogP contribution is 2.24. The Morgan fingerprint density at radius 3 is 2.36 bits per heavy atom. The summed E-state index contributed by atoms with van der Waals surface area (Å²) in [6.45, 7) is 5.63. The number of sulfonamides is 1. The van der Waals surface area contributed by atoms with Crippen molar-refractivity contribution in [2.45, 2.75) is 26.7 Å². The van der Waals surface area contributed by atoms with E-state index in [1.54, 1.807) is 18.2 Å². The van der Waals surface area contributed by atoms with Crippen LogP contribution in [0.4, 0.5) is 5.69 Å². The van der Waals surface area contributed by atoms with Gasteiger partial charge in [0.15, 0.2) is 0 Å². The van der Waals surface area contributed by atoms with Crippen LogP contribution in [0.1, 0.15) is 35.7 Å². The number of anilines is 1. The van der Waals surface area contributed by atoms with Crippen molar-refractivity contribution in [2.24, 2.45) is 5.92 Å². The van der Waals surface area contributed by atoms with Gasteiger partial charge in [0.05, 0.1) is 11.9 Å². The number of rotatable bonds is 3. The third-order valence-electron chi connectivity index (χ3n) is 4.35. The van der Waals surface area contributed by atoms with Gasteiger partial charge >= 0.3 is 0 Å². The summed E-state index contributed by atoms with van der Waals surface area (Å²) in [5.41, 5.74) is 2.01. The lowest BCUT2D eigenvalue weighted by atomic mass is 9.98. The van der Waals surface area contributed by atoms with E-state index < -0.39 is 10.0 Å². The summed E-state index contributed by atoms with van der Waals surface area (Å²) in [4.78, 5) is 14.4. The number of nitrogens with zero attached hydrogens (tertiary/aromatic N) is 2. The number of carbonyl (C=O) groups is 1. The van der Waals surface area contributed by atoms with Gasteiger partial charge in [-0.2, -0.15) is 0 Å². The van der Waals surface area contributed by atoms with Gasteiger partial charge in [0.1, 0.15) is 0 Å². The average Bonchev–Trinajstić information content (AvgIpc) is 2.45. The minimum atomic E-state index is -3.30. The second-order valence-electron chi connectivity index (χ2n) is 6.21. The number of hydrogen-bond donors (Lipinski definition) is 0. The Labute approximate surface area is 133 Å². The van der Waals surface area contributed by atoms with Gasteiger partial charge in [0.2, 0.25) is 10.0 Å². The highest BCUT2D eigenvalue weighted by Gasteiger charge is 2.22. The molecule has 0 N–H and O–H groups in total. The van der Waals surface area contributed by atoms with E-state index in [2.05, 4.69) is 6.92 Å². The van der Waals surface area contributed by atoms with Gasteiger partial charge in [-0.15, -0.1) is 0 Å². The molecule has 6 heteroatoms. The van der Waals surface area contributed by atoms with Crippen molar-refractivity contribution >= 4 is 21.6 Å². The van der Waals surface area contributed by atoms with E-state index in [4.69, 9.17) is 0 Å². The van der Waals surface area contributed by atoms with E-state index in [9.17, 15) is 13.2 Å². The van der Waals surface area contributed by atoms with Gasteiger partial charge in [0.25, 0.3) is 5.91 Å². The van der Waals surface area contributed by atoms with Crippen LogP contribution in [0.15, 0.2) is 18.2 Å². The summed E-state index contributed by atoms with van der Waals surface area (Å²) in [5, 5.41) is 0. The summed E-state index contributed by atoms with van der Waals surface area (Å²) < 4.78 is 24.5. The molecule has 0 saturated carbocycles. The van der Waals surface area contributed by atoms with E-state index in [1.807, 2.05) is 11.8 Å². The van der Waals surface area contributed by atoms with Crippen LogP contribution in [0.3, 0.4) is 0 Å². The molecule has 0 unspecified atom stereocenters. The number of likely N-dealkylation sites (tertiary alicyclic amines) is 1. The summed E-state index contributed by atoms with van der Waals surface area (Å²) >= 11 is 0. The van der Waals surface area contributed by atoms with E-state index in [0.717, 1.165) is 31.5 Å². The van der Waals surface area contributed by atoms with E-state index >= 15 is 0 Å². The third-order valence-corrected chi connectivity index (χ3v) is 5.54. The van der Waals surface area contributed by atoms with Crippen LogP contribution in [0.2, 0.25) is 0 Å². The fourth-order valence-electron chi connectivity index (χ4n) is 2.71. The van der Waals surface area contributed by atoms with Crippen LogP contribution in [-0.4, -0.2) is 45.6 Å². The molecular formula is C16H24N2O3S. The first-order valence-electron chi connectivity index (χ1n) is 7.54. The molecule has 2 rings (SSSR count). The molecule has 1 aliphatic heterocycles. The van der Waals surface area contributed by atoms with E-state index in [0.29, 0.717) is 17.2 Å². The van der Waals surface area contributed by atoms with Gasteiger partial charge in [-0.25, -0.2) is 8.42 Å². The molecule has 122 valence electrons. The summed E-state index contributed by atoms with van der Waals surface area (Å²) in [6, 6.07) is 5.19. The molecule has 0 atom stereocenters. The van der Waals surface area contributed by atoms with Crippen molar-refractivity contribution in [3.05, 3.63) is 29.3 Å². The Bertz CT molecular complexity index is 662. The topological polar surface area (TPSA) is 57.7 Å². The molecule has 0 aromatic heterocycles. The maximum Gasteiger partial charge on any atom is 0.253 e. The molecule has 0 aliphatic carbocycles. The number of benzene rings is 1. The predicted molar refractivity (Wildman–Crippen MR) is 88.7 cm³/mol. The van der Waals surface area contributed by atoms with Gasteiger partial charge in [-0.1, -0.05) is 6.92 Å². The maximum absolute atomic E-state index is 12.5. The monoisotopic (exact) mass is 324 g/mol. The predicted octanol–water partition coefficient (Wildman–Crippen LogP) is 2.26. The third kappa shape index (κ3) is 3.61. The highest BCUT2D eigenvalue weighted by molar-refractivity contribution is 7.92. The standard InChI is InChI=1S/C16H24N2O3S/c1-12-7-9-18(10-8-12)16(19)14-5-6-15(13(2)11-14)17(3)22(4,20)21/h5-6,11-12H,7-10H2,1-4H3. The number of carbonyl (C=O) groups excluding carboxylic acids is 1. The molecule has 1 aromatic carbocycles. The Kier molecular flexibility index (Phi) is 4.80. The molecule has 1 amide bonds. The molecule has 1 aliphatic rings. The molecule has 1 aromatic rings. The molecule has 1 heterocycles. The number of hydrogen-bond acceptors (Lipinski definition) is 3. The smallest absolute Gasteiger partial charge is 0.253 e. The SMILES string of the molecule is Cc1cc(C(=O)N2CCC(C)CC2)ccc1N(C)S(C)(=O)=O. The van der Waals surface area contributed by atoms with Crippen molar-refractivity contribution in [1.82, 2.24) is 4.90 Å². The van der Waals surface area contributed by atoms with E-state index in [-0.39, 0.29) is 5.91 Å². The number of amides is 1. The highest BCUT2D eigenvalue weighted by atomic mass is 32.2. The molecule has 0 bridgehead atoms. The minimum Gasteiger partial charge on any atom is -0.339 e. The second-order valence-corrected chi connectivity index (χ2v) is 8.22.